The third kappa shape index (κ3) is 5.79. The molecular formula is C25H28F3N7S. The van der Waals surface area contributed by atoms with Crippen LogP contribution in [0.1, 0.15) is 29.7 Å². The Hall–Kier alpha value is -3.18. The molecule has 0 bridgehead atoms. The molecule has 7 nitrogen and oxygen atoms in total. The fourth-order valence-corrected chi connectivity index (χ4v) is 5.77. The minimum absolute atomic E-state index is 0.262. The first kappa shape index (κ1) is 24.5. The number of hydrogen-bond donors (Lipinski definition) is 2. The highest BCUT2D eigenvalue weighted by atomic mass is 32.1. The van der Waals surface area contributed by atoms with Gasteiger partial charge in [-0.3, -0.25) is 4.68 Å². The van der Waals surface area contributed by atoms with Crippen molar-refractivity contribution in [2.45, 2.75) is 50.5 Å². The zero-order valence-corrected chi connectivity index (χ0v) is 20.9. The van der Waals surface area contributed by atoms with Crippen LogP contribution in [0.3, 0.4) is 0 Å². The molecule has 1 aliphatic rings. The Bertz CT molecular complexity index is 1320. The van der Waals surface area contributed by atoms with E-state index in [2.05, 4.69) is 54.9 Å². The first-order chi connectivity index (χ1) is 17.2. The van der Waals surface area contributed by atoms with Gasteiger partial charge in [0.2, 0.25) is 0 Å². The highest BCUT2D eigenvalue weighted by Gasteiger charge is 2.31. The Labute approximate surface area is 211 Å². The van der Waals surface area contributed by atoms with Crippen molar-refractivity contribution in [2.75, 3.05) is 17.3 Å². The van der Waals surface area contributed by atoms with Crippen LogP contribution in [-0.2, 0) is 20.0 Å². The summed E-state index contributed by atoms with van der Waals surface area (Å²) in [4.78, 5) is 11.6. The molecule has 2 atom stereocenters. The maximum absolute atomic E-state index is 12.9. The third-order valence-electron chi connectivity index (χ3n) is 6.56. The van der Waals surface area contributed by atoms with Gasteiger partial charge >= 0.3 is 6.18 Å². The normalized spacial score (nSPS) is 18.1. The third-order valence-corrected chi connectivity index (χ3v) is 7.61. The molecule has 1 fully saturated rings. The second-order valence-electron chi connectivity index (χ2n) is 9.30. The van der Waals surface area contributed by atoms with E-state index >= 15 is 0 Å². The molecule has 0 amide bonds. The van der Waals surface area contributed by atoms with Gasteiger partial charge in [-0.1, -0.05) is 12.1 Å². The molecule has 5 rings (SSSR count). The van der Waals surface area contributed by atoms with Gasteiger partial charge in [-0.25, -0.2) is 9.97 Å². The predicted octanol–water partition coefficient (Wildman–Crippen LogP) is 5.42. The lowest BCUT2D eigenvalue weighted by molar-refractivity contribution is -0.126. The number of rotatable bonds is 8. The van der Waals surface area contributed by atoms with Crippen molar-refractivity contribution in [1.82, 2.24) is 25.1 Å². The number of nitrogens with zero attached hydrogens (tertiary/aromatic N) is 5. The number of aromatic nitrogens is 4. The van der Waals surface area contributed by atoms with Crippen molar-refractivity contribution in [3.05, 3.63) is 59.5 Å². The summed E-state index contributed by atoms with van der Waals surface area (Å²) in [5.74, 6) is 0.701. The number of aryl methyl sites for hydroxylation is 1. The number of halogens is 3. The summed E-state index contributed by atoms with van der Waals surface area (Å²) < 4.78 is 40.4. The van der Waals surface area contributed by atoms with Crippen LogP contribution < -0.4 is 15.5 Å². The molecule has 11 heteroatoms. The number of benzene rings is 1. The van der Waals surface area contributed by atoms with Crippen LogP contribution in [-0.4, -0.2) is 45.1 Å². The summed E-state index contributed by atoms with van der Waals surface area (Å²) in [6.45, 7) is 0.775. The van der Waals surface area contributed by atoms with Crippen molar-refractivity contribution in [3.8, 4) is 0 Å². The summed E-state index contributed by atoms with van der Waals surface area (Å²) >= 11 is 1.09. The van der Waals surface area contributed by atoms with E-state index in [0.29, 0.717) is 22.1 Å². The highest BCUT2D eigenvalue weighted by Crippen LogP contribution is 2.35. The van der Waals surface area contributed by atoms with Gasteiger partial charge in [0.25, 0.3) is 0 Å². The molecule has 1 saturated carbocycles. The smallest absolute Gasteiger partial charge is 0.356 e. The lowest BCUT2D eigenvalue weighted by atomic mass is 10.1. The second kappa shape index (κ2) is 10.1. The van der Waals surface area contributed by atoms with E-state index in [9.17, 15) is 13.2 Å². The van der Waals surface area contributed by atoms with Crippen LogP contribution in [0.5, 0.6) is 0 Å². The van der Waals surface area contributed by atoms with Gasteiger partial charge in [-0.15, -0.1) is 11.3 Å². The predicted molar refractivity (Wildman–Crippen MR) is 137 cm³/mol. The molecule has 0 spiro atoms. The van der Waals surface area contributed by atoms with Gasteiger partial charge in [0.05, 0.1) is 23.7 Å². The quantitative estimate of drug-likeness (QED) is 0.327. The van der Waals surface area contributed by atoms with Crippen LogP contribution in [0, 0.1) is 0 Å². The number of fused-ring (bicyclic) bond motifs is 1. The van der Waals surface area contributed by atoms with Gasteiger partial charge in [-0.05, 0) is 43.0 Å². The van der Waals surface area contributed by atoms with Crippen molar-refractivity contribution in [2.24, 2.45) is 7.05 Å². The summed E-state index contributed by atoms with van der Waals surface area (Å²) in [5.41, 5.74) is 3.17. The van der Waals surface area contributed by atoms with E-state index in [4.69, 9.17) is 0 Å². The fourth-order valence-electron chi connectivity index (χ4n) is 4.75. The van der Waals surface area contributed by atoms with Crippen LogP contribution in [0.4, 0.5) is 30.4 Å². The zero-order valence-electron chi connectivity index (χ0n) is 20.1. The molecule has 3 heterocycles. The molecule has 36 heavy (non-hydrogen) atoms. The standard InChI is InChI=1S/C25H28F3N7S/c1-34-14-19(13-32-34)33-17-5-3-16(4-6-17)12-29-18-7-8-20(9-18)35(2)23-22-10-21(11-25(26,27)28)36-24(22)31-15-30-23/h3-6,10,13-15,18,20,29,33H,7-9,11-12H2,1-2H3/t18-,20+/m0/s1. The summed E-state index contributed by atoms with van der Waals surface area (Å²) in [6.07, 6.45) is 2.96. The van der Waals surface area contributed by atoms with Crippen molar-refractivity contribution in [3.63, 3.8) is 0 Å². The monoisotopic (exact) mass is 515 g/mol. The fraction of sp³-hybridized carbons (Fsp3) is 0.400. The molecule has 1 aliphatic carbocycles. The molecule has 4 aromatic rings. The number of anilines is 3. The van der Waals surface area contributed by atoms with E-state index in [1.54, 1.807) is 16.9 Å². The first-order valence-corrected chi connectivity index (χ1v) is 12.7. The van der Waals surface area contributed by atoms with E-state index in [0.717, 1.165) is 48.5 Å². The number of nitrogens with one attached hydrogen (secondary N) is 2. The Morgan fingerprint density at radius 1 is 1.14 bits per heavy atom. The number of thiophene rings is 1. The lowest BCUT2D eigenvalue weighted by Crippen LogP contribution is -2.33. The molecule has 3 aromatic heterocycles. The molecule has 0 radical (unpaired) electrons. The van der Waals surface area contributed by atoms with Crippen molar-refractivity contribution in [1.29, 1.82) is 0 Å². The molecular weight excluding hydrogens is 487 g/mol. The van der Waals surface area contributed by atoms with Gasteiger partial charge in [0.1, 0.15) is 17.0 Å². The van der Waals surface area contributed by atoms with Gasteiger partial charge in [-0.2, -0.15) is 18.3 Å². The first-order valence-electron chi connectivity index (χ1n) is 11.8. The average molecular weight is 516 g/mol. The Balaban J connectivity index is 1.17. The van der Waals surface area contributed by atoms with E-state index in [1.807, 2.05) is 20.3 Å². The number of alkyl halides is 3. The maximum atomic E-state index is 12.9. The molecule has 190 valence electrons. The molecule has 2 N–H and O–H groups in total. The summed E-state index contributed by atoms with van der Waals surface area (Å²) in [7, 11) is 3.86. The van der Waals surface area contributed by atoms with Gasteiger partial charge < -0.3 is 15.5 Å². The Morgan fingerprint density at radius 2 is 1.94 bits per heavy atom. The SMILES string of the molecule is CN(c1ncnc2sc(CC(F)(F)F)cc12)[C@@H]1CC[C@H](NCc2ccc(Nc3cnn(C)c3)cc2)C1. The van der Waals surface area contributed by atoms with Crippen LogP contribution >= 0.6 is 11.3 Å². The lowest BCUT2D eigenvalue weighted by Gasteiger charge is -2.26. The largest absolute Gasteiger partial charge is 0.393 e. The van der Waals surface area contributed by atoms with Crippen LogP contribution in [0.25, 0.3) is 10.2 Å². The summed E-state index contributed by atoms with van der Waals surface area (Å²) in [6, 6.07) is 10.6. The minimum Gasteiger partial charge on any atom is -0.356 e. The van der Waals surface area contributed by atoms with E-state index in [-0.39, 0.29) is 10.9 Å². The zero-order chi connectivity index (χ0) is 25.3. The molecule has 1 aromatic carbocycles. The van der Waals surface area contributed by atoms with Gasteiger partial charge in [0, 0.05) is 49.5 Å². The van der Waals surface area contributed by atoms with Crippen molar-refractivity contribution >= 4 is 38.7 Å². The highest BCUT2D eigenvalue weighted by molar-refractivity contribution is 7.18. The topological polar surface area (TPSA) is 70.9 Å². The molecule has 0 saturated heterocycles. The number of hydrogen-bond acceptors (Lipinski definition) is 7. The van der Waals surface area contributed by atoms with Crippen LogP contribution in [0.15, 0.2) is 49.1 Å². The summed E-state index contributed by atoms with van der Waals surface area (Å²) in [5, 5.41) is 11.8. The molecule has 0 aliphatic heterocycles. The maximum Gasteiger partial charge on any atom is 0.393 e. The van der Waals surface area contributed by atoms with Crippen LogP contribution in [0.2, 0.25) is 0 Å². The molecule has 0 unspecified atom stereocenters. The average Bonchev–Trinajstić information content (AvgIpc) is 3.56. The van der Waals surface area contributed by atoms with Gasteiger partial charge in [0.15, 0.2) is 0 Å². The van der Waals surface area contributed by atoms with E-state index in [1.165, 1.54) is 11.9 Å². The minimum atomic E-state index is -4.24. The Kier molecular flexibility index (Phi) is 6.85. The van der Waals surface area contributed by atoms with E-state index < -0.39 is 12.6 Å². The second-order valence-corrected chi connectivity index (χ2v) is 10.4. The Morgan fingerprint density at radius 3 is 2.67 bits per heavy atom. The van der Waals surface area contributed by atoms with Crippen molar-refractivity contribution < 1.29 is 13.2 Å².